The standard InChI is InChI=1S/C30H33N5O7S/c1-42-27-10-6-5-7-23(27)15-18-31-28(36)21-32-22-34(24-8-3-2-4-9-24)30(29(32)37)16-19-33(20-17-30)43(40,41)26-13-11-25(12-14-26)35(38)39/h2-14H,15-22H2,1H3,(H,31,36). The van der Waals surface area contributed by atoms with Gasteiger partial charge in [0, 0.05) is 37.5 Å². The van der Waals surface area contributed by atoms with Crippen molar-refractivity contribution in [3.8, 4) is 5.75 Å². The second-order valence-electron chi connectivity index (χ2n) is 10.5. The normalized spacial score (nSPS) is 16.8. The summed E-state index contributed by atoms with van der Waals surface area (Å²) in [5.41, 5.74) is 0.560. The van der Waals surface area contributed by atoms with Crippen molar-refractivity contribution in [1.29, 1.82) is 0 Å². The number of carbonyl (C=O) groups is 2. The van der Waals surface area contributed by atoms with Crippen molar-refractivity contribution in [2.24, 2.45) is 0 Å². The molecule has 43 heavy (non-hydrogen) atoms. The number of ether oxygens (including phenoxy) is 1. The first-order valence-electron chi connectivity index (χ1n) is 13.9. The van der Waals surface area contributed by atoms with Crippen LogP contribution in [0.15, 0.2) is 83.8 Å². The number of carbonyl (C=O) groups excluding carboxylic acids is 2. The third kappa shape index (κ3) is 6.04. The number of nitro groups is 1. The minimum atomic E-state index is -3.93. The highest BCUT2D eigenvalue weighted by atomic mass is 32.2. The summed E-state index contributed by atoms with van der Waals surface area (Å²) in [6, 6.07) is 21.8. The predicted molar refractivity (Wildman–Crippen MR) is 159 cm³/mol. The van der Waals surface area contributed by atoms with Crippen molar-refractivity contribution < 1.29 is 27.7 Å². The number of hydrogen-bond acceptors (Lipinski definition) is 8. The molecule has 1 spiro atoms. The highest BCUT2D eigenvalue weighted by Crippen LogP contribution is 2.40. The maximum atomic E-state index is 14.0. The zero-order valence-corrected chi connectivity index (χ0v) is 24.5. The first-order chi connectivity index (χ1) is 20.7. The molecule has 0 saturated carbocycles. The molecule has 2 aliphatic rings. The van der Waals surface area contributed by atoms with Gasteiger partial charge in [-0.3, -0.25) is 19.7 Å². The number of benzene rings is 3. The second-order valence-corrected chi connectivity index (χ2v) is 12.4. The van der Waals surface area contributed by atoms with Crippen molar-refractivity contribution in [2.45, 2.75) is 29.7 Å². The summed E-state index contributed by atoms with van der Waals surface area (Å²) >= 11 is 0. The highest BCUT2D eigenvalue weighted by Gasteiger charge is 2.55. The molecule has 2 aliphatic heterocycles. The number of piperidine rings is 1. The van der Waals surface area contributed by atoms with E-state index < -0.39 is 20.5 Å². The Morgan fingerprint density at radius 1 is 1.00 bits per heavy atom. The predicted octanol–water partition coefficient (Wildman–Crippen LogP) is 2.79. The fraction of sp³-hybridized carbons (Fsp3) is 0.333. The number of nitrogens with one attached hydrogen (secondary N) is 1. The van der Waals surface area contributed by atoms with Crippen molar-refractivity contribution in [3.63, 3.8) is 0 Å². The van der Waals surface area contributed by atoms with Gasteiger partial charge in [0.15, 0.2) is 0 Å². The molecule has 12 nitrogen and oxygen atoms in total. The van der Waals surface area contributed by atoms with Gasteiger partial charge >= 0.3 is 0 Å². The molecule has 3 aromatic carbocycles. The van der Waals surface area contributed by atoms with Crippen molar-refractivity contribution in [1.82, 2.24) is 14.5 Å². The lowest BCUT2D eigenvalue weighted by Crippen LogP contribution is -2.57. The SMILES string of the molecule is COc1ccccc1CCNC(=O)CN1CN(c2ccccc2)C2(CCN(S(=O)(=O)c3ccc([N+](=O)[O-])cc3)CC2)C1=O. The lowest BCUT2D eigenvalue weighted by atomic mass is 9.86. The number of amides is 2. The van der Waals surface area contributed by atoms with Gasteiger partial charge in [0.1, 0.15) is 17.8 Å². The summed E-state index contributed by atoms with van der Waals surface area (Å²) in [7, 11) is -2.33. The highest BCUT2D eigenvalue weighted by molar-refractivity contribution is 7.89. The van der Waals surface area contributed by atoms with E-state index in [1.54, 1.807) is 7.11 Å². The monoisotopic (exact) mass is 607 g/mol. The van der Waals surface area contributed by atoms with Crippen LogP contribution in [0.2, 0.25) is 0 Å². The van der Waals surface area contributed by atoms with Crippen molar-refractivity contribution in [2.75, 3.05) is 44.9 Å². The molecule has 0 aromatic heterocycles. The van der Waals surface area contributed by atoms with Gasteiger partial charge in [-0.15, -0.1) is 0 Å². The smallest absolute Gasteiger partial charge is 0.269 e. The Balaban J connectivity index is 1.28. The van der Waals surface area contributed by atoms with Gasteiger partial charge < -0.3 is 19.9 Å². The van der Waals surface area contributed by atoms with E-state index in [4.69, 9.17) is 4.74 Å². The molecule has 2 saturated heterocycles. The lowest BCUT2D eigenvalue weighted by Gasteiger charge is -2.42. The maximum absolute atomic E-state index is 14.0. The topological polar surface area (TPSA) is 142 Å². The Bertz CT molecular complexity index is 1590. The molecule has 13 heteroatoms. The molecule has 0 unspecified atom stereocenters. The van der Waals surface area contributed by atoms with Crippen molar-refractivity contribution >= 4 is 33.2 Å². The molecule has 0 bridgehead atoms. The fourth-order valence-corrected chi connectivity index (χ4v) is 7.22. The van der Waals surface area contributed by atoms with Gasteiger partial charge in [0.05, 0.1) is 23.6 Å². The maximum Gasteiger partial charge on any atom is 0.269 e. The molecule has 2 amide bonds. The lowest BCUT2D eigenvalue weighted by molar-refractivity contribution is -0.384. The molecular formula is C30H33N5O7S. The fourth-order valence-electron chi connectivity index (χ4n) is 5.78. The van der Waals surface area contributed by atoms with E-state index in [1.807, 2.05) is 59.5 Å². The molecule has 3 aromatic rings. The zero-order valence-electron chi connectivity index (χ0n) is 23.7. The summed E-state index contributed by atoms with van der Waals surface area (Å²) in [4.78, 5) is 40.7. The number of non-ortho nitro benzene ring substituents is 1. The van der Waals surface area contributed by atoms with Crippen LogP contribution in [0.5, 0.6) is 5.75 Å². The summed E-state index contributed by atoms with van der Waals surface area (Å²) in [5, 5.41) is 13.9. The Labute approximate surface area is 250 Å². The summed E-state index contributed by atoms with van der Waals surface area (Å²) in [5.74, 6) is 0.240. The molecule has 2 heterocycles. The van der Waals surface area contributed by atoms with Crippen LogP contribution in [-0.2, 0) is 26.0 Å². The number of rotatable bonds is 10. The minimum absolute atomic E-state index is 0.0434. The van der Waals surface area contributed by atoms with Crippen LogP contribution >= 0.6 is 0 Å². The van der Waals surface area contributed by atoms with Crippen LogP contribution in [0.4, 0.5) is 11.4 Å². The van der Waals surface area contributed by atoms with Gasteiger partial charge in [-0.25, -0.2) is 8.42 Å². The van der Waals surface area contributed by atoms with Crippen LogP contribution in [0.3, 0.4) is 0 Å². The molecule has 0 aliphatic carbocycles. The van der Waals surface area contributed by atoms with Gasteiger partial charge in [0.2, 0.25) is 21.8 Å². The zero-order chi connectivity index (χ0) is 30.6. The molecule has 0 radical (unpaired) electrons. The average Bonchev–Trinajstić information content (AvgIpc) is 3.28. The summed E-state index contributed by atoms with van der Waals surface area (Å²) < 4.78 is 33.4. The van der Waals surface area contributed by atoms with Crippen LogP contribution in [0, 0.1) is 10.1 Å². The second kappa shape index (κ2) is 12.4. The van der Waals surface area contributed by atoms with E-state index in [-0.39, 0.29) is 61.5 Å². The number of hydrogen-bond donors (Lipinski definition) is 1. The molecule has 5 rings (SSSR count). The quantitative estimate of drug-likeness (QED) is 0.274. The van der Waals surface area contributed by atoms with Crippen LogP contribution < -0.4 is 15.0 Å². The Morgan fingerprint density at radius 3 is 2.30 bits per heavy atom. The average molecular weight is 608 g/mol. The number of anilines is 1. The number of nitrogens with zero attached hydrogens (tertiary/aromatic N) is 4. The number of sulfonamides is 1. The van der Waals surface area contributed by atoms with Gasteiger partial charge in [0.25, 0.3) is 5.69 Å². The van der Waals surface area contributed by atoms with E-state index in [0.717, 1.165) is 29.1 Å². The summed E-state index contributed by atoms with van der Waals surface area (Å²) in [6.45, 7) is 0.601. The Kier molecular flexibility index (Phi) is 8.64. The van der Waals surface area contributed by atoms with Gasteiger partial charge in [-0.2, -0.15) is 4.31 Å². The minimum Gasteiger partial charge on any atom is -0.496 e. The Morgan fingerprint density at radius 2 is 1.65 bits per heavy atom. The van der Waals surface area contributed by atoms with Crippen molar-refractivity contribution in [3.05, 3.63) is 94.5 Å². The summed E-state index contributed by atoms with van der Waals surface area (Å²) in [6.07, 6.45) is 1.01. The number of methoxy groups -OCH3 is 1. The van der Waals surface area contributed by atoms with Crippen LogP contribution in [-0.4, -0.2) is 79.9 Å². The molecule has 0 atom stereocenters. The first kappa shape index (κ1) is 30.0. The molecule has 1 N–H and O–H groups in total. The molecule has 226 valence electrons. The van der Waals surface area contributed by atoms with Gasteiger partial charge in [-0.1, -0.05) is 36.4 Å². The largest absolute Gasteiger partial charge is 0.496 e. The molecule has 2 fully saturated rings. The van der Waals surface area contributed by atoms with E-state index in [1.165, 1.54) is 21.3 Å². The molecular weight excluding hydrogens is 574 g/mol. The van der Waals surface area contributed by atoms with E-state index in [2.05, 4.69) is 5.32 Å². The van der Waals surface area contributed by atoms with Gasteiger partial charge in [-0.05, 0) is 55.2 Å². The third-order valence-electron chi connectivity index (χ3n) is 8.06. The van der Waals surface area contributed by atoms with E-state index in [9.17, 15) is 28.1 Å². The number of para-hydroxylation sites is 2. The van der Waals surface area contributed by atoms with E-state index in [0.29, 0.717) is 13.0 Å². The number of nitro benzene ring substituents is 1. The van der Waals surface area contributed by atoms with Crippen LogP contribution in [0.1, 0.15) is 18.4 Å². The Hall–Kier alpha value is -4.49. The third-order valence-corrected chi connectivity index (χ3v) is 9.97. The van der Waals surface area contributed by atoms with E-state index >= 15 is 0 Å². The first-order valence-corrected chi connectivity index (χ1v) is 15.3. The van der Waals surface area contributed by atoms with Crippen LogP contribution in [0.25, 0.3) is 0 Å².